The highest BCUT2D eigenvalue weighted by atomic mass is 35.5. The Bertz CT molecular complexity index is 846. The van der Waals surface area contributed by atoms with E-state index in [1.54, 1.807) is 42.5 Å². The van der Waals surface area contributed by atoms with Crippen molar-refractivity contribution in [1.82, 2.24) is 0 Å². The molecular weight excluding hydrogens is 324 g/mol. The van der Waals surface area contributed by atoms with E-state index in [1.807, 2.05) is 12.1 Å². The van der Waals surface area contributed by atoms with E-state index in [0.717, 1.165) is 0 Å². The first-order valence-corrected chi connectivity index (χ1v) is 7.36. The summed E-state index contributed by atoms with van der Waals surface area (Å²) < 4.78 is 5.27. The highest BCUT2D eigenvalue weighted by molar-refractivity contribution is 6.32. The van der Waals surface area contributed by atoms with Crippen molar-refractivity contribution in [1.29, 1.82) is 5.26 Å². The number of hydrogen-bond donors (Lipinski definition) is 1. The van der Waals surface area contributed by atoms with Gasteiger partial charge in [-0.05, 0) is 35.9 Å². The Morgan fingerprint density at radius 2 is 2.04 bits per heavy atom. The molecule has 2 aromatic rings. The summed E-state index contributed by atoms with van der Waals surface area (Å²) in [6.07, 6.45) is 6.58. The van der Waals surface area contributed by atoms with Gasteiger partial charge in [-0.1, -0.05) is 41.8 Å². The second kappa shape index (κ2) is 8.43. The molecule has 0 radical (unpaired) electrons. The van der Waals surface area contributed by atoms with E-state index in [-0.39, 0.29) is 12.2 Å². The third kappa shape index (κ3) is 4.64. The van der Waals surface area contributed by atoms with Crippen LogP contribution in [-0.4, -0.2) is 12.5 Å². The smallest absolute Gasteiger partial charge is 0.266 e. The van der Waals surface area contributed by atoms with E-state index in [2.05, 4.69) is 11.2 Å². The lowest BCUT2D eigenvalue weighted by Gasteiger charge is -2.06. The summed E-state index contributed by atoms with van der Waals surface area (Å²) >= 11 is 6.09. The van der Waals surface area contributed by atoms with Crippen LogP contribution in [0.3, 0.4) is 0 Å². The van der Waals surface area contributed by atoms with Crippen molar-refractivity contribution >= 4 is 29.3 Å². The largest absolute Gasteiger partial charge is 0.479 e. The lowest BCUT2D eigenvalue weighted by Crippen LogP contribution is -2.13. The molecule has 2 aromatic carbocycles. The number of halogens is 1. The van der Waals surface area contributed by atoms with E-state index < -0.39 is 5.91 Å². The van der Waals surface area contributed by atoms with Gasteiger partial charge in [-0.2, -0.15) is 5.26 Å². The van der Waals surface area contributed by atoms with Gasteiger partial charge in [0.25, 0.3) is 5.91 Å². The van der Waals surface area contributed by atoms with Gasteiger partial charge >= 0.3 is 0 Å². The summed E-state index contributed by atoms with van der Waals surface area (Å²) in [4.78, 5) is 12.2. The van der Waals surface area contributed by atoms with Crippen LogP contribution in [0.5, 0.6) is 5.75 Å². The number of para-hydroxylation sites is 1. The maximum Gasteiger partial charge on any atom is 0.266 e. The fourth-order valence-electron chi connectivity index (χ4n) is 1.88. The highest BCUT2D eigenvalue weighted by Gasteiger charge is 2.10. The average Bonchev–Trinajstić information content (AvgIpc) is 2.59. The average molecular weight is 337 g/mol. The van der Waals surface area contributed by atoms with Gasteiger partial charge in [0.05, 0.1) is 5.02 Å². The third-order valence-corrected chi connectivity index (χ3v) is 3.27. The number of anilines is 1. The Morgan fingerprint density at radius 1 is 1.29 bits per heavy atom. The molecular formula is C19H13ClN2O2. The minimum Gasteiger partial charge on any atom is -0.479 e. The Hall–Kier alpha value is -3.21. The highest BCUT2D eigenvalue weighted by Crippen LogP contribution is 2.26. The molecule has 0 saturated heterocycles. The second-order valence-corrected chi connectivity index (χ2v) is 5.08. The summed E-state index contributed by atoms with van der Waals surface area (Å²) in [5.74, 6) is 2.30. The SMILES string of the molecule is C#CCOc1ccc(/C=C(\C#N)C(=O)Nc2ccccc2)cc1Cl. The van der Waals surface area contributed by atoms with Crippen LogP contribution in [-0.2, 0) is 4.79 Å². The third-order valence-electron chi connectivity index (χ3n) is 2.97. The van der Waals surface area contributed by atoms with Gasteiger partial charge in [0.1, 0.15) is 24.0 Å². The molecule has 2 rings (SSSR count). The van der Waals surface area contributed by atoms with Crippen LogP contribution in [0.4, 0.5) is 5.69 Å². The number of amides is 1. The van der Waals surface area contributed by atoms with Gasteiger partial charge in [0.15, 0.2) is 0 Å². The van der Waals surface area contributed by atoms with Crippen LogP contribution in [0.1, 0.15) is 5.56 Å². The number of ether oxygens (including phenoxy) is 1. The van der Waals surface area contributed by atoms with Crippen LogP contribution >= 0.6 is 11.6 Å². The molecule has 5 heteroatoms. The molecule has 1 amide bonds. The zero-order valence-corrected chi connectivity index (χ0v) is 13.4. The van der Waals surface area contributed by atoms with Crippen molar-refractivity contribution in [2.75, 3.05) is 11.9 Å². The lowest BCUT2D eigenvalue weighted by molar-refractivity contribution is -0.112. The number of carbonyl (C=O) groups excluding carboxylic acids is 1. The first-order chi connectivity index (χ1) is 11.6. The van der Waals surface area contributed by atoms with Crippen LogP contribution in [0, 0.1) is 23.7 Å². The standard InChI is InChI=1S/C19H13ClN2O2/c1-2-10-24-18-9-8-14(12-17(18)20)11-15(13-21)19(23)22-16-6-4-3-5-7-16/h1,3-9,11-12H,10H2,(H,22,23)/b15-11+. The van der Waals surface area contributed by atoms with Crippen molar-refractivity contribution in [3.63, 3.8) is 0 Å². The number of carbonyl (C=O) groups is 1. The molecule has 0 heterocycles. The van der Waals surface area contributed by atoms with Crippen molar-refractivity contribution in [2.24, 2.45) is 0 Å². The predicted octanol–water partition coefficient (Wildman–Crippen LogP) is 3.90. The molecule has 0 fully saturated rings. The summed E-state index contributed by atoms with van der Waals surface area (Å²) in [6.45, 7) is 0.109. The van der Waals surface area contributed by atoms with Gasteiger partial charge in [-0.3, -0.25) is 4.79 Å². The van der Waals surface area contributed by atoms with Gasteiger partial charge < -0.3 is 10.1 Å². The predicted molar refractivity (Wildman–Crippen MR) is 94.4 cm³/mol. The molecule has 0 saturated carbocycles. The van der Waals surface area contributed by atoms with Crippen molar-refractivity contribution in [3.05, 3.63) is 64.7 Å². The summed E-state index contributed by atoms with van der Waals surface area (Å²) in [5.41, 5.74) is 1.18. The van der Waals surface area contributed by atoms with Gasteiger partial charge in [0, 0.05) is 5.69 Å². The molecule has 0 aliphatic rings. The van der Waals surface area contributed by atoms with Crippen molar-refractivity contribution in [2.45, 2.75) is 0 Å². The molecule has 0 spiro atoms. The molecule has 0 atom stereocenters. The van der Waals surface area contributed by atoms with Crippen LogP contribution < -0.4 is 10.1 Å². The van der Waals surface area contributed by atoms with E-state index in [0.29, 0.717) is 22.0 Å². The molecule has 0 unspecified atom stereocenters. The second-order valence-electron chi connectivity index (χ2n) is 4.67. The first-order valence-electron chi connectivity index (χ1n) is 6.98. The Balaban J connectivity index is 2.18. The minimum atomic E-state index is -0.493. The Kier molecular flexibility index (Phi) is 6.02. The van der Waals surface area contributed by atoms with Gasteiger partial charge in [-0.25, -0.2) is 0 Å². The van der Waals surface area contributed by atoms with E-state index in [1.165, 1.54) is 6.08 Å². The number of nitriles is 1. The molecule has 24 heavy (non-hydrogen) atoms. The molecule has 0 aliphatic heterocycles. The normalized spacial score (nSPS) is 10.4. The minimum absolute atomic E-state index is 0.0350. The number of nitrogens with zero attached hydrogens (tertiary/aromatic N) is 1. The molecule has 0 bridgehead atoms. The Labute approximate surface area is 145 Å². The number of benzene rings is 2. The number of hydrogen-bond acceptors (Lipinski definition) is 3. The molecule has 0 aromatic heterocycles. The Morgan fingerprint density at radius 3 is 2.67 bits per heavy atom. The monoisotopic (exact) mass is 336 g/mol. The summed E-state index contributed by atoms with van der Waals surface area (Å²) in [7, 11) is 0. The molecule has 0 aliphatic carbocycles. The lowest BCUT2D eigenvalue weighted by atomic mass is 10.1. The van der Waals surface area contributed by atoms with Crippen LogP contribution in [0.2, 0.25) is 5.02 Å². The first kappa shape index (κ1) is 17.1. The maximum absolute atomic E-state index is 12.2. The van der Waals surface area contributed by atoms with E-state index >= 15 is 0 Å². The van der Waals surface area contributed by atoms with Crippen LogP contribution in [0.25, 0.3) is 6.08 Å². The molecule has 118 valence electrons. The van der Waals surface area contributed by atoms with Crippen LogP contribution in [0.15, 0.2) is 54.1 Å². The number of nitrogens with one attached hydrogen (secondary N) is 1. The van der Waals surface area contributed by atoms with E-state index in [4.69, 9.17) is 22.8 Å². The zero-order chi connectivity index (χ0) is 17.4. The fraction of sp³-hybridized carbons (Fsp3) is 0.0526. The molecule has 1 N–H and O–H groups in total. The quantitative estimate of drug-likeness (QED) is 0.511. The topological polar surface area (TPSA) is 62.1 Å². The maximum atomic E-state index is 12.2. The van der Waals surface area contributed by atoms with Gasteiger partial charge in [0.2, 0.25) is 0 Å². The van der Waals surface area contributed by atoms with E-state index in [9.17, 15) is 10.1 Å². The van der Waals surface area contributed by atoms with Crippen molar-refractivity contribution in [3.8, 4) is 24.2 Å². The summed E-state index contributed by atoms with van der Waals surface area (Å²) in [5, 5.41) is 12.2. The molecule has 4 nitrogen and oxygen atoms in total. The number of rotatable bonds is 5. The zero-order valence-electron chi connectivity index (χ0n) is 12.6. The van der Waals surface area contributed by atoms with Gasteiger partial charge in [-0.15, -0.1) is 6.42 Å². The van der Waals surface area contributed by atoms with Crippen molar-refractivity contribution < 1.29 is 9.53 Å². The summed E-state index contributed by atoms with van der Waals surface area (Å²) in [6, 6.07) is 15.7. The fourth-order valence-corrected chi connectivity index (χ4v) is 2.12. The number of terminal acetylenes is 1.